The quantitative estimate of drug-likeness (QED) is 0.353. The lowest BCUT2D eigenvalue weighted by atomic mass is 9.82. The van der Waals surface area contributed by atoms with E-state index in [1.807, 2.05) is 0 Å². The van der Waals surface area contributed by atoms with Gasteiger partial charge in [-0.05, 0) is 18.2 Å². The van der Waals surface area contributed by atoms with E-state index in [0.717, 1.165) is 24.4 Å². The first-order valence-corrected chi connectivity index (χ1v) is 6.14. The predicted molar refractivity (Wildman–Crippen MR) is 73.5 cm³/mol. The van der Waals surface area contributed by atoms with Gasteiger partial charge in [-0.2, -0.15) is 4.79 Å². The summed E-state index contributed by atoms with van der Waals surface area (Å²) in [5, 5.41) is 29.3. The molecular formula is C15H8N2O5. The Labute approximate surface area is 123 Å². The second kappa shape index (κ2) is 4.54. The fourth-order valence-electron chi connectivity index (χ4n) is 2.51. The minimum atomic E-state index is -0.730. The molecule has 2 aromatic rings. The molecular weight excluding hydrogens is 288 g/mol. The Bertz CT molecular complexity index is 911. The number of carbonyl (C=O) groups excluding carboxylic acids is 2. The van der Waals surface area contributed by atoms with Crippen molar-refractivity contribution in [2.24, 2.45) is 0 Å². The molecule has 7 nitrogen and oxygen atoms in total. The summed E-state index contributed by atoms with van der Waals surface area (Å²) in [5.74, 6) is -2.74. The molecule has 0 radical (unpaired) electrons. The lowest BCUT2D eigenvalue weighted by molar-refractivity contribution is 0.00453. The van der Waals surface area contributed by atoms with Crippen LogP contribution < -0.4 is 0 Å². The average molecular weight is 296 g/mol. The molecule has 7 heteroatoms. The average Bonchev–Trinajstić information content (AvgIpc) is 2.43. The van der Waals surface area contributed by atoms with Crippen molar-refractivity contribution in [1.82, 2.24) is 0 Å². The number of hydrogen-bond donors (Lipinski definition) is 3. The lowest BCUT2D eigenvalue weighted by Gasteiger charge is -2.19. The molecule has 0 atom stereocenters. The zero-order valence-corrected chi connectivity index (χ0v) is 10.9. The number of aromatic hydroxyl groups is 3. The van der Waals surface area contributed by atoms with Gasteiger partial charge >= 0.3 is 0 Å². The Balaban J connectivity index is 2.36. The topological polar surface area (TPSA) is 131 Å². The summed E-state index contributed by atoms with van der Waals surface area (Å²) in [6.07, 6.45) is 0.993. The molecule has 0 spiro atoms. The first kappa shape index (κ1) is 13.5. The van der Waals surface area contributed by atoms with Gasteiger partial charge in [-0.25, -0.2) is 0 Å². The molecule has 1 aliphatic rings. The standard InChI is InChI=1S/C15H8N2O5/c16-17-5-6-1-8-12(10(19)2-6)15(22)13-9(14(8)21)3-7(18)4-11(13)20/h1-5,18-20H. The van der Waals surface area contributed by atoms with E-state index in [1.165, 1.54) is 6.07 Å². The largest absolute Gasteiger partial charge is 0.508 e. The van der Waals surface area contributed by atoms with Crippen LogP contribution in [0.2, 0.25) is 0 Å². The Kier molecular flexibility index (Phi) is 2.80. The maximum Gasteiger partial charge on any atom is 0.287 e. The van der Waals surface area contributed by atoms with Crippen LogP contribution in [0.4, 0.5) is 0 Å². The van der Waals surface area contributed by atoms with Crippen LogP contribution in [-0.2, 0) is 0 Å². The highest BCUT2D eigenvalue weighted by Crippen LogP contribution is 2.38. The third-order valence-electron chi connectivity index (χ3n) is 3.39. The minimum absolute atomic E-state index is 0.0996. The molecule has 0 saturated carbocycles. The molecule has 2 aromatic carbocycles. The highest BCUT2D eigenvalue weighted by atomic mass is 16.3. The van der Waals surface area contributed by atoms with Gasteiger partial charge in [-0.1, -0.05) is 0 Å². The minimum Gasteiger partial charge on any atom is -0.508 e. The number of hydrogen-bond acceptors (Lipinski definition) is 5. The zero-order valence-electron chi connectivity index (χ0n) is 10.9. The number of benzene rings is 2. The van der Waals surface area contributed by atoms with Gasteiger partial charge in [-0.3, -0.25) is 9.59 Å². The summed E-state index contributed by atoms with van der Waals surface area (Å²) in [5.41, 5.74) is 7.98. The van der Waals surface area contributed by atoms with Crippen molar-refractivity contribution in [3.8, 4) is 17.2 Å². The number of nitrogens with zero attached hydrogens (tertiary/aromatic N) is 2. The van der Waals surface area contributed by atoms with Gasteiger partial charge in [0.05, 0.1) is 16.7 Å². The van der Waals surface area contributed by atoms with E-state index in [0.29, 0.717) is 0 Å². The van der Waals surface area contributed by atoms with Gasteiger partial charge in [0, 0.05) is 17.2 Å². The molecule has 3 rings (SSSR count). The molecule has 1 aliphatic carbocycles. The summed E-state index contributed by atoms with van der Waals surface area (Å²) in [4.78, 5) is 27.7. The summed E-state index contributed by atoms with van der Waals surface area (Å²) < 4.78 is 0. The molecule has 0 amide bonds. The Hall–Kier alpha value is -3.44. The van der Waals surface area contributed by atoms with Crippen LogP contribution in [0.3, 0.4) is 0 Å². The first-order valence-electron chi connectivity index (χ1n) is 6.14. The third kappa shape index (κ3) is 1.77. The first-order chi connectivity index (χ1) is 10.4. The van der Waals surface area contributed by atoms with E-state index in [2.05, 4.69) is 4.79 Å². The fraction of sp³-hybridized carbons (Fsp3) is 0. The van der Waals surface area contributed by atoms with E-state index in [1.54, 1.807) is 0 Å². The molecule has 3 N–H and O–H groups in total. The number of ketones is 2. The third-order valence-corrected chi connectivity index (χ3v) is 3.39. The SMILES string of the molecule is [N-]=[N+]=Cc1cc(O)c2c(c1)C(=O)c1cc(O)cc(O)c1C2=O. The molecule has 0 aliphatic heterocycles. The van der Waals surface area contributed by atoms with Gasteiger partial charge in [0.25, 0.3) is 6.21 Å². The Morgan fingerprint density at radius 2 is 1.45 bits per heavy atom. The van der Waals surface area contributed by atoms with Crippen LogP contribution in [-0.4, -0.2) is 37.9 Å². The van der Waals surface area contributed by atoms with E-state index in [4.69, 9.17) is 5.53 Å². The Morgan fingerprint density at radius 3 is 2.09 bits per heavy atom. The number of phenols is 3. The van der Waals surface area contributed by atoms with E-state index >= 15 is 0 Å². The highest BCUT2D eigenvalue weighted by Gasteiger charge is 2.35. The normalized spacial score (nSPS) is 12.4. The summed E-state index contributed by atoms with van der Waals surface area (Å²) in [7, 11) is 0. The van der Waals surface area contributed by atoms with Gasteiger partial charge < -0.3 is 20.9 Å². The van der Waals surface area contributed by atoms with Crippen LogP contribution in [0, 0.1) is 0 Å². The maximum absolute atomic E-state index is 12.5. The van der Waals surface area contributed by atoms with Crippen molar-refractivity contribution >= 4 is 17.8 Å². The smallest absolute Gasteiger partial charge is 0.287 e. The van der Waals surface area contributed by atoms with Crippen LogP contribution in [0.5, 0.6) is 17.2 Å². The second-order valence-electron chi connectivity index (χ2n) is 4.75. The molecule has 0 fully saturated rings. The van der Waals surface area contributed by atoms with E-state index in [-0.39, 0.29) is 33.6 Å². The molecule has 0 unspecified atom stereocenters. The second-order valence-corrected chi connectivity index (χ2v) is 4.75. The number of phenolic OH excluding ortho intramolecular Hbond substituents is 3. The van der Waals surface area contributed by atoms with Crippen LogP contribution in [0.15, 0.2) is 24.3 Å². The molecule has 108 valence electrons. The van der Waals surface area contributed by atoms with Gasteiger partial charge in [0.15, 0.2) is 5.78 Å². The van der Waals surface area contributed by atoms with Gasteiger partial charge in [0.1, 0.15) is 17.2 Å². The fourth-order valence-corrected chi connectivity index (χ4v) is 2.51. The number of rotatable bonds is 1. The van der Waals surface area contributed by atoms with Crippen molar-refractivity contribution in [2.75, 3.05) is 0 Å². The highest BCUT2D eigenvalue weighted by molar-refractivity contribution is 6.30. The van der Waals surface area contributed by atoms with Crippen LogP contribution in [0.25, 0.3) is 5.53 Å². The van der Waals surface area contributed by atoms with Crippen molar-refractivity contribution < 1.29 is 29.7 Å². The summed E-state index contributed by atoms with van der Waals surface area (Å²) in [6, 6.07) is 4.45. The maximum atomic E-state index is 12.5. The summed E-state index contributed by atoms with van der Waals surface area (Å²) in [6.45, 7) is 0. The van der Waals surface area contributed by atoms with Crippen molar-refractivity contribution in [3.63, 3.8) is 0 Å². The zero-order chi connectivity index (χ0) is 16.0. The van der Waals surface area contributed by atoms with Crippen LogP contribution >= 0.6 is 0 Å². The van der Waals surface area contributed by atoms with E-state index in [9.17, 15) is 24.9 Å². The predicted octanol–water partition coefficient (Wildman–Crippen LogP) is 1.23. The molecule has 0 heterocycles. The van der Waals surface area contributed by atoms with Crippen LogP contribution in [0.1, 0.15) is 37.4 Å². The molecule has 0 saturated heterocycles. The number of fused-ring (bicyclic) bond motifs is 2. The van der Waals surface area contributed by atoms with Gasteiger partial charge in [-0.15, -0.1) is 0 Å². The number of carbonyl (C=O) groups is 2. The molecule has 0 bridgehead atoms. The van der Waals surface area contributed by atoms with E-state index < -0.39 is 23.1 Å². The van der Waals surface area contributed by atoms with Gasteiger partial charge in [0.2, 0.25) is 5.78 Å². The van der Waals surface area contributed by atoms with Crippen molar-refractivity contribution in [1.29, 1.82) is 0 Å². The lowest BCUT2D eigenvalue weighted by Crippen LogP contribution is -2.21. The molecule has 0 aromatic heterocycles. The summed E-state index contributed by atoms with van der Waals surface area (Å²) >= 11 is 0. The Morgan fingerprint density at radius 1 is 0.864 bits per heavy atom. The monoisotopic (exact) mass is 296 g/mol. The molecule has 22 heavy (non-hydrogen) atoms. The van der Waals surface area contributed by atoms with Crippen molar-refractivity contribution in [2.45, 2.75) is 0 Å². The van der Waals surface area contributed by atoms with Crippen molar-refractivity contribution in [3.05, 3.63) is 57.6 Å².